The normalized spacial score (nSPS) is 28.1. The van der Waals surface area contributed by atoms with E-state index >= 15 is 0 Å². The SMILES string of the molecule is O=c1nc(NCC2=CC(F)C(F)C=C2F)cc2n1CC1CCCCN21. The molecule has 1 aromatic heterocycles. The first-order valence-corrected chi connectivity index (χ1v) is 8.52. The van der Waals surface area contributed by atoms with E-state index in [0.717, 1.165) is 37.7 Å². The van der Waals surface area contributed by atoms with Crippen molar-refractivity contribution in [3.05, 3.63) is 40.1 Å². The molecule has 3 aliphatic rings. The molecule has 1 fully saturated rings. The van der Waals surface area contributed by atoms with Crippen molar-refractivity contribution in [2.24, 2.45) is 0 Å². The van der Waals surface area contributed by atoms with Crippen LogP contribution < -0.4 is 15.9 Å². The van der Waals surface area contributed by atoms with Crippen LogP contribution in [0.4, 0.5) is 24.8 Å². The van der Waals surface area contributed by atoms with Gasteiger partial charge < -0.3 is 10.2 Å². The maximum atomic E-state index is 13.7. The van der Waals surface area contributed by atoms with Gasteiger partial charge in [-0.2, -0.15) is 4.98 Å². The van der Waals surface area contributed by atoms with Gasteiger partial charge in [0.15, 0.2) is 12.3 Å². The third-order valence-electron chi connectivity index (χ3n) is 5.04. The molecule has 0 saturated carbocycles. The Bertz CT molecular complexity index is 804. The highest BCUT2D eigenvalue weighted by Gasteiger charge is 2.32. The molecule has 0 radical (unpaired) electrons. The second-order valence-corrected chi connectivity index (χ2v) is 6.68. The summed E-state index contributed by atoms with van der Waals surface area (Å²) in [6, 6.07) is 2.09. The minimum Gasteiger partial charge on any atom is -0.366 e. The Balaban J connectivity index is 1.53. The Labute approximate surface area is 142 Å². The Morgan fingerprint density at radius 1 is 1.24 bits per heavy atom. The molecule has 0 amide bonds. The van der Waals surface area contributed by atoms with Crippen LogP contribution in [0.1, 0.15) is 19.3 Å². The lowest BCUT2D eigenvalue weighted by Gasteiger charge is -2.30. The first-order chi connectivity index (χ1) is 12.0. The van der Waals surface area contributed by atoms with Crippen molar-refractivity contribution in [3.8, 4) is 0 Å². The quantitative estimate of drug-likeness (QED) is 0.908. The zero-order valence-electron chi connectivity index (χ0n) is 13.6. The van der Waals surface area contributed by atoms with Gasteiger partial charge in [-0.3, -0.25) is 4.57 Å². The molecule has 1 N–H and O–H groups in total. The Morgan fingerprint density at radius 2 is 2.04 bits per heavy atom. The number of nitrogens with one attached hydrogen (secondary N) is 1. The predicted molar refractivity (Wildman–Crippen MR) is 89.0 cm³/mol. The molecule has 2 aliphatic heterocycles. The minimum absolute atomic E-state index is 0.0275. The number of hydrogen-bond acceptors (Lipinski definition) is 4. The number of alkyl halides is 2. The molecular formula is C17H19F3N4O. The van der Waals surface area contributed by atoms with Crippen LogP contribution in [-0.2, 0) is 6.54 Å². The van der Waals surface area contributed by atoms with E-state index in [1.807, 2.05) is 0 Å². The van der Waals surface area contributed by atoms with Crippen LogP contribution in [0, 0.1) is 0 Å². The summed E-state index contributed by atoms with van der Waals surface area (Å²) < 4.78 is 41.9. The predicted octanol–water partition coefficient (Wildman–Crippen LogP) is 2.50. The molecule has 0 aromatic carbocycles. The average molecular weight is 352 g/mol. The van der Waals surface area contributed by atoms with Crippen LogP contribution in [0.2, 0.25) is 0 Å². The number of hydrogen-bond donors (Lipinski definition) is 1. The summed E-state index contributed by atoms with van der Waals surface area (Å²) >= 11 is 0. The molecule has 1 saturated heterocycles. The molecule has 8 heteroatoms. The monoisotopic (exact) mass is 352 g/mol. The molecule has 5 nitrogen and oxygen atoms in total. The van der Waals surface area contributed by atoms with E-state index < -0.39 is 18.2 Å². The van der Waals surface area contributed by atoms with Gasteiger partial charge in [0, 0.05) is 37.3 Å². The molecule has 134 valence electrons. The van der Waals surface area contributed by atoms with Crippen LogP contribution in [0.5, 0.6) is 0 Å². The van der Waals surface area contributed by atoms with Crippen molar-refractivity contribution in [1.29, 1.82) is 0 Å². The van der Waals surface area contributed by atoms with Crippen LogP contribution in [0.25, 0.3) is 0 Å². The van der Waals surface area contributed by atoms with E-state index in [4.69, 9.17) is 0 Å². The Hall–Kier alpha value is -2.25. The lowest BCUT2D eigenvalue weighted by atomic mass is 10.0. The largest absolute Gasteiger partial charge is 0.366 e. The van der Waals surface area contributed by atoms with Crippen LogP contribution in [0.15, 0.2) is 34.4 Å². The lowest BCUT2D eigenvalue weighted by molar-refractivity contribution is 0.239. The smallest absolute Gasteiger partial charge is 0.351 e. The third-order valence-corrected chi connectivity index (χ3v) is 5.04. The van der Waals surface area contributed by atoms with Crippen LogP contribution in [0.3, 0.4) is 0 Å². The molecule has 3 atom stereocenters. The van der Waals surface area contributed by atoms with Crippen molar-refractivity contribution in [2.45, 2.75) is 44.2 Å². The van der Waals surface area contributed by atoms with Gasteiger partial charge >= 0.3 is 5.69 Å². The number of aromatic nitrogens is 2. The fraction of sp³-hybridized carbons (Fsp3) is 0.529. The molecule has 25 heavy (non-hydrogen) atoms. The summed E-state index contributed by atoms with van der Waals surface area (Å²) in [5.41, 5.74) is -0.324. The van der Waals surface area contributed by atoms with E-state index in [2.05, 4.69) is 15.2 Å². The summed E-state index contributed by atoms with van der Waals surface area (Å²) in [7, 11) is 0. The van der Waals surface area contributed by atoms with Gasteiger partial charge in [-0.15, -0.1) is 0 Å². The van der Waals surface area contributed by atoms with Gasteiger partial charge in [-0.1, -0.05) is 0 Å². The number of nitrogens with zero attached hydrogens (tertiary/aromatic N) is 3. The summed E-state index contributed by atoms with van der Waals surface area (Å²) in [6.45, 7) is 1.48. The summed E-state index contributed by atoms with van der Waals surface area (Å²) in [5, 5.41) is 2.86. The number of fused-ring (bicyclic) bond motifs is 3. The molecule has 1 aliphatic carbocycles. The zero-order chi connectivity index (χ0) is 17.6. The van der Waals surface area contributed by atoms with Crippen molar-refractivity contribution in [3.63, 3.8) is 0 Å². The number of piperidine rings is 1. The van der Waals surface area contributed by atoms with Gasteiger partial charge in [-0.25, -0.2) is 18.0 Å². The number of rotatable bonds is 3. The molecule has 4 rings (SSSR count). The van der Waals surface area contributed by atoms with Gasteiger partial charge in [0.2, 0.25) is 0 Å². The third kappa shape index (κ3) is 2.94. The van der Waals surface area contributed by atoms with Crippen LogP contribution in [-0.4, -0.2) is 41.0 Å². The topological polar surface area (TPSA) is 50.2 Å². The first kappa shape index (κ1) is 16.2. The zero-order valence-corrected chi connectivity index (χ0v) is 13.6. The van der Waals surface area contributed by atoms with Gasteiger partial charge in [0.05, 0.1) is 0 Å². The maximum absolute atomic E-state index is 13.7. The molecule has 1 aromatic rings. The molecular weight excluding hydrogens is 333 g/mol. The van der Waals surface area contributed by atoms with Gasteiger partial charge in [0.25, 0.3) is 0 Å². The van der Waals surface area contributed by atoms with Gasteiger partial charge in [-0.05, 0) is 31.4 Å². The van der Waals surface area contributed by atoms with Crippen LogP contribution >= 0.6 is 0 Å². The van der Waals surface area contributed by atoms with E-state index in [-0.39, 0.29) is 17.8 Å². The molecule has 3 unspecified atom stereocenters. The second kappa shape index (κ2) is 6.24. The average Bonchev–Trinajstić information content (AvgIpc) is 2.96. The summed E-state index contributed by atoms with van der Waals surface area (Å²) in [5.74, 6) is 0.338. The molecule has 0 bridgehead atoms. The van der Waals surface area contributed by atoms with Gasteiger partial charge in [0.1, 0.15) is 17.5 Å². The second-order valence-electron chi connectivity index (χ2n) is 6.68. The maximum Gasteiger partial charge on any atom is 0.351 e. The van der Waals surface area contributed by atoms with Crippen molar-refractivity contribution < 1.29 is 13.2 Å². The van der Waals surface area contributed by atoms with E-state index in [1.165, 1.54) is 0 Å². The summed E-state index contributed by atoms with van der Waals surface area (Å²) in [6.07, 6.45) is 1.03. The highest BCUT2D eigenvalue weighted by atomic mass is 19.2. The van der Waals surface area contributed by atoms with E-state index in [0.29, 0.717) is 24.5 Å². The van der Waals surface area contributed by atoms with E-state index in [9.17, 15) is 18.0 Å². The number of anilines is 2. The van der Waals surface area contributed by atoms with Crippen molar-refractivity contribution in [2.75, 3.05) is 23.3 Å². The Morgan fingerprint density at radius 3 is 2.88 bits per heavy atom. The number of halogens is 3. The Kier molecular flexibility index (Phi) is 4.05. The summed E-state index contributed by atoms with van der Waals surface area (Å²) in [4.78, 5) is 18.5. The number of allylic oxidation sites excluding steroid dienone is 2. The standard InChI is InChI=1S/C17H19F3N4O/c18-12-6-14(20)13(19)5-10(12)8-21-15-7-16-23-4-2-1-3-11(23)9-24(16)17(25)22-15/h5-7,11,13-14H,1-4,8-9H2,(H,21,22,25). The molecule has 3 heterocycles. The first-order valence-electron chi connectivity index (χ1n) is 8.52. The lowest BCUT2D eigenvalue weighted by Crippen LogP contribution is -2.36. The molecule has 0 spiro atoms. The minimum atomic E-state index is -1.96. The highest BCUT2D eigenvalue weighted by molar-refractivity contribution is 5.53. The fourth-order valence-electron chi connectivity index (χ4n) is 3.73. The fourth-order valence-corrected chi connectivity index (χ4v) is 3.73. The van der Waals surface area contributed by atoms with E-state index in [1.54, 1.807) is 10.6 Å². The van der Waals surface area contributed by atoms with Crippen molar-refractivity contribution in [1.82, 2.24) is 9.55 Å². The van der Waals surface area contributed by atoms with Crippen molar-refractivity contribution >= 4 is 11.6 Å². The highest BCUT2D eigenvalue weighted by Crippen LogP contribution is 2.32.